The van der Waals surface area contributed by atoms with Crippen molar-refractivity contribution in [3.63, 3.8) is 0 Å². The first-order valence-corrected chi connectivity index (χ1v) is 12.6. The van der Waals surface area contributed by atoms with Crippen molar-refractivity contribution in [2.45, 2.75) is 25.1 Å². The number of amides is 2. The first kappa shape index (κ1) is 28.3. The van der Waals surface area contributed by atoms with Gasteiger partial charge in [0, 0.05) is 43.3 Å². The molecule has 4 rings (SSSR count). The number of hydrogen-bond donors (Lipinski definition) is 5. The van der Waals surface area contributed by atoms with E-state index in [9.17, 15) is 23.5 Å². The Morgan fingerprint density at radius 2 is 2.00 bits per heavy atom. The van der Waals surface area contributed by atoms with Crippen LogP contribution in [0.25, 0.3) is 11.3 Å². The Balaban J connectivity index is 1.39. The number of halogens is 3. The van der Waals surface area contributed by atoms with Crippen molar-refractivity contribution in [3.05, 3.63) is 64.6 Å². The van der Waals surface area contributed by atoms with Crippen LogP contribution in [0.3, 0.4) is 0 Å². The smallest absolute Gasteiger partial charge is 0.253 e. The number of ether oxygens (including phenoxy) is 1. The van der Waals surface area contributed by atoms with E-state index in [2.05, 4.69) is 20.9 Å². The third-order valence-electron chi connectivity index (χ3n) is 6.62. The molecule has 1 aliphatic rings. The molecule has 1 aromatic heterocycles. The zero-order chi connectivity index (χ0) is 28.3. The van der Waals surface area contributed by atoms with Crippen LogP contribution < -0.4 is 26.4 Å². The lowest BCUT2D eigenvalue weighted by Gasteiger charge is -2.34. The number of nitrogens with zero attached hydrogens (tertiary/aromatic N) is 2. The van der Waals surface area contributed by atoms with Gasteiger partial charge in [-0.1, -0.05) is 11.6 Å². The summed E-state index contributed by atoms with van der Waals surface area (Å²) in [6, 6.07) is 7.08. The number of imidazole rings is 1. The van der Waals surface area contributed by atoms with Crippen LogP contribution >= 0.6 is 11.6 Å². The van der Waals surface area contributed by atoms with E-state index in [4.69, 9.17) is 22.1 Å². The minimum absolute atomic E-state index is 0.0471. The maximum Gasteiger partial charge on any atom is 0.253 e. The first-order chi connectivity index (χ1) is 18.6. The zero-order valence-corrected chi connectivity index (χ0v) is 22.1. The Labute approximate surface area is 228 Å². The summed E-state index contributed by atoms with van der Waals surface area (Å²) in [6.45, 7) is 0.784. The summed E-state index contributed by atoms with van der Waals surface area (Å²) in [5.74, 6) is -2.91. The van der Waals surface area contributed by atoms with Crippen molar-refractivity contribution < 1.29 is 28.2 Å². The highest BCUT2D eigenvalue weighted by atomic mass is 35.5. The molecule has 39 heavy (non-hydrogen) atoms. The van der Waals surface area contributed by atoms with Gasteiger partial charge >= 0.3 is 0 Å². The summed E-state index contributed by atoms with van der Waals surface area (Å²) in [5.41, 5.74) is 6.22. The number of aromatic nitrogens is 2. The first-order valence-electron chi connectivity index (χ1n) is 12.2. The molecule has 0 aliphatic heterocycles. The number of methoxy groups -OCH3 is 1. The highest BCUT2D eigenvalue weighted by Crippen LogP contribution is 2.32. The molecule has 2 aromatic carbocycles. The fourth-order valence-corrected chi connectivity index (χ4v) is 4.65. The molecule has 13 heteroatoms. The molecule has 10 nitrogen and oxygen atoms in total. The van der Waals surface area contributed by atoms with Gasteiger partial charge in [-0.25, -0.2) is 9.37 Å². The van der Waals surface area contributed by atoms with Gasteiger partial charge in [0.1, 0.15) is 0 Å². The molecular formula is C26H29ClF2N6O4. The molecule has 1 atom stereocenters. The number of benzene rings is 2. The van der Waals surface area contributed by atoms with Crippen LogP contribution in [0.2, 0.25) is 5.02 Å². The summed E-state index contributed by atoms with van der Waals surface area (Å²) in [7, 11) is 2.79. The lowest BCUT2D eigenvalue weighted by molar-refractivity contribution is -0.128. The fourth-order valence-electron chi connectivity index (χ4n) is 4.38. The van der Waals surface area contributed by atoms with Crippen LogP contribution in [0.5, 0.6) is 5.75 Å². The van der Waals surface area contributed by atoms with E-state index in [0.717, 1.165) is 0 Å². The molecular weight excluding hydrogens is 534 g/mol. The standard InChI is InChI=1S/C26H29ClF2N6O4/c1-35-19(17-5-6-20(39-2)22(29)21(17)28)12-32-23(35)26(38)33-14-3-4-16(18(27)11-14)25(37)34-15-9-13(10-15)24(36)31-8-7-30/h3-6,11-13,15,26,33,38H,7-10,30H2,1-2H3,(H,31,36)(H,34,37). The Hall–Kier alpha value is -3.74. The Morgan fingerprint density at radius 1 is 1.26 bits per heavy atom. The molecule has 0 bridgehead atoms. The second-order valence-electron chi connectivity index (χ2n) is 9.16. The van der Waals surface area contributed by atoms with Crippen LogP contribution in [-0.4, -0.2) is 52.7 Å². The Bertz CT molecular complexity index is 1380. The number of aliphatic hydroxyl groups is 1. The average Bonchev–Trinajstić information content (AvgIpc) is 3.27. The minimum atomic E-state index is -1.33. The molecule has 0 radical (unpaired) electrons. The van der Waals surface area contributed by atoms with Crippen LogP contribution in [0.1, 0.15) is 35.3 Å². The highest BCUT2D eigenvalue weighted by molar-refractivity contribution is 6.34. The third-order valence-corrected chi connectivity index (χ3v) is 6.93. The number of nitrogens with two attached hydrogens (primary N) is 1. The van der Waals surface area contributed by atoms with Gasteiger partial charge in [-0.05, 0) is 43.2 Å². The molecule has 1 fully saturated rings. The maximum absolute atomic E-state index is 14.6. The molecule has 3 aromatic rings. The Morgan fingerprint density at radius 3 is 2.67 bits per heavy atom. The van der Waals surface area contributed by atoms with E-state index in [-0.39, 0.29) is 57.2 Å². The van der Waals surface area contributed by atoms with Gasteiger partial charge in [0.2, 0.25) is 11.7 Å². The highest BCUT2D eigenvalue weighted by Gasteiger charge is 2.35. The van der Waals surface area contributed by atoms with Crippen molar-refractivity contribution >= 4 is 29.1 Å². The van der Waals surface area contributed by atoms with E-state index in [1.54, 1.807) is 13.1 Å². The quantitative estimate of drug-likeness (QED) is 0.239. The number of rotatable bonds is 10. The van der Waals surface area contributed by atoms with E-state index in [0.29, 0.717) is 31.6 Å². The van der Waals surface area contributed by atoms with Crippen molar-refractivity contribution in [2.24, 2.45) is 18.7 Å². The third kappa shape index (κ3) is 5.97. The number of hydrogen-bond acceptors (Lipinski definition) is 7. The predicted octanol–water partition coefficient (Wildman–Crippen LogP) is 2.71. The molecule has 1 aliphatic carbocycles. The van der Waals surface area contributed by atoms with Gasteiger partial charge in [-0.15, -0.1) is 0 Å². The second-order valence-corrected chi connectivity index (χ2v) is 9.57. The predicted molar refractivity (Wildman–Crippen MR) is 141 cm³/mol. The zero-order valence-electron chi connectivity index (χ0n) is 21.3. The molecule has 1 unspecified atom stereocenters. The molecule has 208 valence electrons. The summed E-state index contributed by atoms with van der Waals surface area (Å²) < 4.78 is 35.0. The number of carbonyl (C=O) groups excluding carboxylic acids is 2. The SMILES string of the molecule is COc1ccc(-c2cnc(C(O)Nc3ccc(C(=O)NC4CC(C(=O)NCCN)C4)c(Cl)c3)n2C)c(F)c1F. The van der Waals surface area contributed by atoms with Crippen LogP contribution in [0.4, 0.5) is 14.5 Å². The molecule has 1 saturated carbocycles. The van der Waals surface area contributed by atoms with Crippen molar-refractivity contribution in [1.29, 1.82) is 0 Å². The van der Waals surface area contributed by atoms with E-state index >= 15 is 0 Å². The molecule has 0 saturated heterocycles. The van der Waals surface area contributed by atoms with E-state index in [1.807, 2.05) is 0 Å². The maximum atomic E-state index is 14.6. The van der Waals surface area contributed by atoms with Gasteiger partial charge in [-0.2, -0.15) is 4.39 Å². The number of nitrogens with one attached hydrogen (secondary N) is 3. The number of carbonyl (C=O) groups is 2. The second kappa shape index (κ2) is 12.0. The summed E-state index contributed by atoms with van der Waals surface area (Å²) in [6.07, 6.45) is 1.05. The molecule has 6 N–H and O–H groups in total. The van der Waals surface area contributed by atoms with Gasteiger partial charge in [-0.3, -0.25) is 9.59 Å². The Kier molecular flexibility index (Phi) is 8.68. The van der Waals surface area contributed by atoms with Gasteiger partial charge < -0.3 is 36.1 Å². The summed E-state index contributed by atoms with van der Waals surface area (Å²) in [5, 5.41) is 19.3. The normalized spacial score (nSPS) is 17.2. The largest absolute Gasteiger partial charge is 0.494 e. The van der Waals surface area contributed by atoms with E-state index in [1.165, 1.54) is 42.1 Å². The van der Waals surface area contributed by atoms with Crippen molar-refractivity contribution in [1.82, 2.24) is 20.2 Å². The minimum Gasteiger partial charge on any atom is -0.494 e. The summed E-state index contributed by atoms with van der Waals surface area (Å²) in [4.78, 5) is 28.8. The monoisotopic (exact) mass is 562 g/mol. The lowest BCUT2D eigenvalue weighted by atomic mass is 9.79. The van der Waals surface area contributed by atoms with Gasteiger partial charge in [0.05, 0.1) is 29.6 Å². The topological polar surface area (TPSA) is 144 Å². The van der Waals surface area contributed by atoms with Gasteiger partial charge in [0.15, 0.2) is 23.6 Å². The van der Waals surface area contributed by atoms with Crippen LogP contribution in [0.15, 0.2) is 36.5 Å². The van der Waals surface area contributed by atoms with Crippen molar-refractivity contribution in [3.8, 4) is 17.0 Å². The average molecular weight is 563 g/mol. The summed E-state index contributed by atoms with van der Waals surface area (Å²) >= 11 is 6.34. The van der Waals surface area contributed by atoms with E-state index < -0.39 is 17.9 Å². The molecule has 2 amide bonds. The van der Waals surface area contributed by atoms with Crippen molar-refractivity contribution in [2.75, 3.05) is 25.5 Å². The van der Waals surface area contributed by atoms with Crippen LogP contribution in [-0.2, 0) is 11.8 Å². The number of anilines is 1. The molecule has 0 spiro atoms. The fraction of sp³-hybridized carbons (Fsp3) is 0.346. The number of aliphatic hydroxyl groups excluding tert-OH is 1. The van der Waals surface area contributed by atoms with Crippen LogP contribution in [0, 0.1) is 17.6 Å². The van der Waals surface area contributed by atoms with Gasteiger partial charge in [0.25, 0.3) is 5.91 Å². The molecule has 1 heterocycles. The lowest BCUT2D eigenvalue weighted by Crippen LogP contribution is -2.49.